The van der Waals surface area contributed by atoms with E-state index < -0.39 is 0 Å². The summed E-state index contributed by atoms with van der Waals surface area (Å²) in [5.41, 5.74) is 0.306. The van der Waals surface area contributed by atoms with Crippen LogP contribution in [0.2, 0.25) is 0 Å². The van der Waals surface area contributed by atoms with E-state index in [1.807, 2.05) is 6.92 Å². The van der Waals surface area contributed by atoms with E-state index in [0.29, 0.717) is 12.0 Å². The molecule has 0 saturated heterocycles. The fraction of sp³-hybridized carbons (Fsp3) is 0.455. The van der Waals surface area contributed by atoms with Gasteiger partial charge in [0, 0.05) is 6.42 Å². The minimum Gasteiger partial charge on any atom is -0.294 e. The summed E-state index contributed by atoms with van der Waals surface area (Å²) >= 11 is 0. The van der Waals surface area contributed by atoms with Gasteiger partial charge in [-0.25, -0.2) is 0 Å². The third-order valence-corrected chi connectivity index (χ3v) is 1.65. The number of carbonyl (C=O) groups is 2. The van der Waals surface area contributed by atoms with Crippen molar-refractivity contribution in [2.45, 2.75) is 33.6 Å². The Balaban J connectivity index is 4.53. The number of hydrogen-bond donors (Lipinski definition) is 0. The molecule has 0 atom stereocenters. The molecule has 0 aromatic rings. The van der Waals surface area contributed by atoms with E-state index in [2.05, 4.69) is 0 Å². The van der Waals surface area contributed by atoms with Crippen LogP contribution >= 0.6 is 0 Å². The molecule has 13 heavy (non-hydrogen) atoms. The smallest absolute Gasteiger partial charge is 0.188 e. The molecule has 2 heteroatoms. The maximum absolute atomic E-state index is 11.4. The molecule has 0 N–H and O–H groups in total. The van der Waals surface area contributed by atoms with Crippen molar-refractivity contribution in [3.63, 3.8) is 0 Å². The predicted octanol–water partition coefficient (Wildman–Crippen LogP) is 2.45. The molecule has 0 aliphatic carbocycles. The van der Waals surface area contributed by atoms with Crippen LogP contribution in [-0.4, -0.2) is 11.6 Å². The molecule has 0 fully saturated rings. The second-order valence-corrected chi connectivity index (χ2v) is 2.74. The van der Waals surface area contributed by atoms with Gasteiger partial charge in [-0.15, -0.1) is 0 Å². The van der Waals surface area contributed by atoms with Crippen molar-refractivity contribution in [2.24, 2.45) is 0 Å². The predicted molar refractivity (Wildman–Crippen MR) is 53.5 cm³/mol. The molecule has 0 aliphatic heterocycles. The average molecular weight is 180 g/mol. The number of Topliss-reactive ketones (excluding diaryl/α,β-unsaturated/α-hetero) is 1. The Labute approximate surface area is 79.3 Å². The van der Waals surface area contributed by atoms with Gasteiger partial charge in [0.25, 0.3) is 0 Å². The third kappa shape index (κ3) is 3.83. The fourth-order valence-electron chi connectivity index (χ4n) is 1.04. The number of carbonyl (C=O) groups excluding carboxylic acids is 2. The Bertz CT molecular complexity index is 247. The van der Waals surface area contributed by atoms with Crippen LogP contribution in [0.3, 0.4) is 0 Å². The Morgan fingerprint density at radius 2 is 1.85 bits per heavy atom. The molecule has 0 amide bonds. The highest BCUT2D eigenvalue weighted by atomic mass is 16.1. The van der Waals surface area contributed by atoms with Crippen molar-refractivity contribution in [1.82, 2.24) is 0 Å². The highest BCUT2D eigenvalue weighted by Gasteiger charge is 2.12. The summed E-state index contributed by atoms with van der Waals surface area (Å²) in [6, 6.07) is 0. The summed E-state index contributed by atoms with van der Waals surface area (Å²) in [7, 11) is 0. The van der Waals surface area contributed by atoms with Crippen LogP contribution in [0.4, 0.5) is 0 Å². The highest BCUT2D eigenvalue weighted by Crippen LogP contribution is 2.05. The normalized spacial score (nSPS) is 12.1. The second-order valence-electron chi connectivity index (χ2n) is 2.74. The Hall–Kier alpha value is -1.18. The number of rotatable bonds is 5. The van der Waals surface area contributed by atoms with E-state index in [1.54, 1.807) is 26.0 Å². The van der Waals surface area contributed by atoms with Crippen LogP contribution in [0, 0.1) is 0 Å². The Morgan fingerprint density at radius 3 is 2.23 bits per heavy atom. The summed E-state index contributed by atoms with van der Waals surface area (Å²) in [4.78, 5) is 22.7. The van der Waals surface area contributed by atoms with Gasteiger partial charge in [-0.1, -0.05) is 19.1 Å². The first-order valence-corrected chi connectivity index (χ1v) is 4.53. The van der Waals surface area contributed by atoms with E-state index in [4.69, 9.17) is 0 Å². The van der Waals surface area contributed by atoms with Crippen LogP contribution in [0.15, 0.2) is 23.8 Å². The summed E-state index contributed by atoms with van der Waals surface area (Å²) in [5.74, 6) is -0.253. The lowest BCUT2D eigenvalue weighted by Crippen LogP contribution is -2.10. The molecule has 0 aromatic heterocycles. The number of allylic oxidation sites excluding steroid dienone is 4. The Kier molecular flexibility index (Phi) is 5.77. The van der Waals surface area contributed by atoms with Gasteiger partial charge in [-0.2, -0.15) is 0 Å². The zero-order valence-electron chi connectivity index (χ0n) is 8.46. The molecule has 0 aromatic carbocycles. The average Bonchev–Trinajstić information content (AvgIpc) is 2.06. The van der Waals surface area contributed by atoms with Crippen molar-refractivity contribution in [3.8, 4) is 0 Å². The molecule has 72 valence electrons. The highest BCUT2D eigenvalue weighted by molar-refractivity contribution is 6.23. The Morgan fingerprint density at radius 1 is 1.23 bits per heavy atom. The van der Waals surface area contributed by atoms with Crippen LogP contribution in [0.1, 0.15) is 33.6 Å². The van der Waals surface area contributed by atoms with Crippen molar-refractivity contribution >= 4 is 11.6 Å². The summed E-state index contributed by atoms with van der Waals surface area (Å²) in [6.07, 6.45) is 5.87. The van der Waals surface area contributed by atoms with E-state index in [9.17, 15) is 9.59 Å². The van der Waals surface area contributed by atoms with Gasteiger partial charge in [0.2, 0.25) is 0 Å². The molecule has 2 nitrogen and oxygen atoms in total. The second kappa shape index (κ2) is 6.35. The van der Waals surface area contributed by atoms with Gasteiger partial charge >= 0.3 is 0 Å². The van der Waals surface area contributed by atoms with Gasteiger partial charge in [0.1, 0.15) is 0 Å². The van der Waals surface area contributed by atoms with Crippen molar-refractivity contribution in [1.29, 1.82) is 0 Å². The molecular formula is C11H16O2. The maximum Gasteiger partial charge on any atom is 0.188 e. The zero-order valence-corrected chi connectivity index (χ0v) is 8.46. The number of ketones is 2. The first-order valence-electron chi connectivity index (χ1n) is 4.53. The molecule has 0 unspecified atom stereocenters. The van der Waals surface area contributed by atoms with E-state index in [0.717, 1.165) is 6.42 Å². The first kappa shape index (κ1) is 11.8. The van der Waals surface area contributed by atoms with E-state index >= 15 is 0 Å². The maximum atomic E-state index is 11.4. The molecule has 0 rings (SSSR count). The first-order chi connectivity index (χ1) is 6.17. The monoisotopic (exact) mass is 180 g/mol. The topological polar surface area (TPSA) is 34.1 Å². The summed E-state index contributed by atoms with van der Waals surface area (Å²) in [5, 5.41) is 0. The van der Waals surface area contributed by atoms with E-state index in [1.165, 1.54) is 6.08 Å². The molecule has 0 radical (unpaired) electrons. The van der Waals surface area contributed by atoms with Crippen LogP contribution in [0.25, 0.3) is 0 Å². The fourth-order valence-corrected chi connectivity index (χ4v) is 1.04. The van der Waals surface area contributed by atoms with Gasteiger partial charge in [0.15, 0.2) is 11.6 Å². The number of hydrogen-bond acceptors (Lipinski definition) is 2. The van der Waals surface area contributed by atoms with Crippen LogP contribution < -0.4 is 0 Å². The van der Waals surface area contributed by atoms with Gasteiger partial charge in [-0.3, -0.25) is 9.59 Å². The van der Waals surface area contributed by atoms with E-state index in [-0.39, 0.29) is 11.6 Å². The van der Waals surface area contributed by atoms with Crippen molar-refractivity contribution < 1.29 is 9.59 Å². The lowest BCUT2D eigenvalue weighted by atomic mass is 10.0. The molecule has 0 spiro atoms. The minimum atomic E-state index is -0.191. The largest absolute Gasteiger partial charge is 0.294 e. The van der Waals surface area contributed by atoms with Crippen molar-refractivity contribution in [2.75, 3.05) is 0 Å². The zero-order chi connectivity index (χ0) is 10.3. The van der Waals surface area contributed by atoms with Gasteiger partial charge < -0.3 is 0 Å². The van der Waals surface area contributed by atoms with Crippen LogP contribution in [-0.2, 0) is 9.59 Å². The van der Waals surface area contributed by atoms with Gasteiger partial charge in [0.05, 0.1) is 5.57 Å². The molecule has 0 aliphatic rings. The van der Waals surface area contributed by atoms with Gasteiger partial charge in [-0.05, 0) is 26.3 Å². The minimum absolute atomic E-state index is 0.0619. The molecule has 0 bridgehead atoms. The summed E-state index contributed by atoms with van der Waals surface area (Å²) < 4.78 is 0. The summed E-state index contributed by atoms with van der Waals surface area (Å²) in [6.45, 7) is 5.39. The molecule has 0 heterocycles. The van der Waals surface area contributed by atoms with Crippen molar-refractivity contribution in [3.05, 3.63) is 23.8 Å². The standard InChI is InChI=1S/C11H16O2/c1-4-7-10(12)9(6-3)11(13)8-5-2/h4,6-7H,5,8H2,1-3H3. The molecular weight excluding hydrogens is 164 g/mol. The quantitative estimate of drug-likeness (QED) is 0.370. The third-order valence-electron chi connectivity index (χ3n) is 1.65. The van der Waals surface area contributed by atoms with Crippen LogP contribution in [0.5, 0.6) is 0 Å². The SMILES string of the molecule is CC=CC(=O)C(=CC)C(=O)CCC. The lowest BCUT2D eigenvalue weighted by molar-refractivity contribution is -0.119. The lowest BCUT2D eigenvalue weighted by Gasteiger charge is -1.99. The molecule has 0 saturated carbocycles.